The van der Waals surface area contributed by atoms with Gasteiger partial charge < -0.3 is 4.74 Å². The first-order valence-electron chi connectivity index (χ1n) is 3.06. The lowest BCUT2D eigenvalue weighted by atomic mass is 10.6. The monoisotopic (exact) mass is 166 g/mol. The maximum Gasteiger partial charge on any atom is 0.294 e. The van der Waals surface area contributed by atoms with Crippen LogP contribution in [-0.2, 0) is 0 Å². The predicted octanol–water partition coefficient (Wildman–Crippen LogP) is -0.329. The number of methoxy groups -OCH3 is 1. The molecule has 0 unspecified atom stereocenters. The quantitative estimate of drug-likeness (QED) is 0.463. The summed E-state index contributed by atoms with van der Waals surface area (Å²) in [6.45, 7) is 0. The molecule has 0 aromatic carbocycles. The van der Waals surface area contributed by atoms with E-state index in [-0.39, 0.29) is 11.7 Å². The molecule has 1 aromatic rings. The highest BCUT2D eigenvalue weighted by Gasteiger charge is 1.99. The second-order valence-corrected chi connectivity index (χ2v) is 1.87. The van der Waals surface area contributed by atoms with Gasteiger partial charge in [0.2, 0.25) is 11.7 Å². The second kappa shape index (κ2) is 3.39. The van der Waals surface area contributed by atoms with E-state index in [1.54, 1.807) is 6.19 Å². The van der Waals surface area contributed by atoms with E-state index in [1.807, 2.05) is 0 Å². The maximum absolute atomic E-state index is 11.0. The zero-order chi connectivity index (χ0) is 8.97. The standard InChI is InChI=1S/C6H6N4O2/c1-12-4-2-8-6(9-3-7)10-5(4)11/h2H,1H3,(H2,8,9,10,11). The van der Waals surface area contributed by atoms with Crippen molar-refractivity contribution in [3.05, 3.63) is 16.6 Å². The van der Waals surface area contributed by atoms with Gasteiger partial charge in [-0.15, -0.1) is 0 Å². The van der Waals surface area contributed by atoms with E-state index < -0.39 is 5.56 Å². The van der Waals surface area contributed by atoms with Crippen LogP contribution in [0.2, 0.25) is 0 Å². The van der Waals surface area contributed by atoms with Crippen molar-refractivity contribution in [2.75, 3.05) is 12.4 Å². The van der Waals surface area contributed by atoms with Crippen LogP contribution in [-0.4, -0.2) is 17.1 Å². The first kappa shape index (κ1) is 8.07. The average molecular weight is 166 g/mol. The minimum Gasteiger partial charge on any atom is -0.490 e. The van der Waals surface area contributed by atoms with Crippen LogP contribution in [0, 0.1) is 11.5 Å². The van der Waals surface area contributed by atoms with Crippen molar-refractivity contribution in [3.63, 3.8) is 0 Å². The highest BCUT2D eigenvalue weighted by atomic mass is 16.5. The summed E-state index contributed by atoms with van der Waals surface area (Å²) in [7, 11) is 1.36. The maximum atomic E-state index is 11.0. The van der Waals surface area contributed by atoms with Crippen LogP contribution in [0.1, 0.15) is 0 Å². The molecule has 62 valence electrons. The first-order valence-corrected chi connectivity index (χ1v) is 3.06. The smallest absolute Gasteiger partial charge is 0.294 e. The number of hydrogen-bond donors (Lipinski definition) is 2. The number of rotatable bonds is 2. The summed E-state index contributed by atoms with van der Waals surface area (Å²) in [6, 6.07) is 0. The van der Waals surface area contributed by atoms with Gasteiger partial charge in [-0.2, -0.15) is 5.26 Å². The number of nitrogens with zero attached hydrogens (tertiary/aromatic N) is 2. The Morgan fingerprint density at radius 2 is 2.58 bits per heavy atom. The molecule has 0 saturated heterocycles. The molecule has 0 aliphatic heterocycles. The van der Waals surface area contributed by atoms with Gasteiger partial charge in [0, 0.05) is 0 Å². The number of ether oxygens (including phenoxy) is 1. The van der Waals surface area contributed by atoms with E-state index in [4.69, 9.17) is 5.26 Å². The molecule has 0 bridgehead atoms. The summed E-state index contributed by atoms with van der Waals surface area (Å²) in [6.07, 6.45) is 2.86. The van der Waals surface area contributed by atoms with Gasteiger partial charge in [0.25, 0.3) is 5.56 Å². The third kappa shape index (κ3) is 1.52. The van der Waals surface area contributed by atoms with Crippen molar-refractivity contribution >= 4 is 5.95 Å². The fraction of sp³-hybridized carbons (Fsp3) is 0.167. The fourth-order valence-electron chi connectivity index (χ4n) is 0.645. The molecular formula is C6H6N4O2. The van der Waals surface area contributed by atoms with Gasteiger partial charge in [0.1, 0.15) is 0 Å². The fourth-order valence-corrected chi connectivity index (χ4v) is 0.645. The van der Waals surface area contributed by atoms with Crippen molar-refractivity contribution < 1.29 is 4.74 Å². The number of nitriles is 1. The number of H-pyrrole nitrogens is 1. The molecule has 1 aromatic heterocycles. The Kier molecular flexibility index (Phi) is 2.28. The minimum absolute atomic E-state index is 0.100. The van der Waals surface area contributed by atoms with Gasteiger partial charge >= 0.3 is 0 Å². The Morgan fingerprint density at radius 3 is 3.08 bits per heavy atom. The molecule has 0 aliphatic rings. The number of aromatic amines is 1. The van der Waals surface area contributed by atoms with Crippen LogP contribution in [0.3, 0.4) is 0 Å². The van der Waals surface area contributed by atoms with Gasteiger partial charge in [-0.3, -0.25) is 15.1 Å². The topological polar surface area (TPSA) is 90.8 Å². The van der Waals surface area contributed by atoms with Crippen LogP contribution in [0.5, 0.6) is 5.75 Å². The van der Waals surface area contributed by atoms with Crippen molar-refractivity contribution in [2.45, 2.75) is 0 Å². The summed E-state index contributed by atoms with van der Waals surface area (Å²) in [5, 5.41) is 10.4. The molecule has 6 heteroatoms. The van der Waals surface area contributed by atoms with Crippen molar-refractivity contribution in [1.29, 1.82) is 5.26 Å². The molecule has 2 N–H and O–H groups in total. The number of anilines is 1. The minimum atomic E-state index is -0.426. The van der Waals surface area contributed by atoms with Crippen LogP contribution in [0.15, 0.2) is 11.0 Å². The highest BCUT2D eigenvalue weighted by molar-refractivity contribution is 5.31. The molecule has 0 atom stereocenters. The average Bonchev–Trinajstić information content (AvgIpc) is 2.05. The summed E-state index contributed by atoms with van der Waals surface area (Å²) in [4.78, 5) is 17.0. The van der Waals surface area contributed by atoms with Crippen LogP contribution in [0.25, 0.3) is 0 Å². The van der Waals surface area contributed by atoms with E-state index in [1.165, 1.54) is 13.3 Å². The van der Waals surface area contributed by atoms with Crippen LogP contribution < -0.4 is 15.6 Å². The normalized spacial score (nSPS) is 8.67. The molecule has 0 spiro atoms. The molecule has 0 radical (unpaired) electrons. The second-order valence-electron chi connectivity index (χ2n) is 1.87. The van der Waals surface area contributed by atoms with Gasteiger partial charge in [-0.05, 0) is 0 Å². The zero-order valence-corrected chi connectivity index (χ0v) is 6.29. The van der Waals surface area contributed by atoms with Crippen molar-refractivity contribution in [3.8, 4) is 11.9 Å². The lowest BCUT2D eigenvalue weighted by molar-refractivity contribution is 0.406. The molecule has 1 rings (SSSR count). The van der Waals surface area contributed by atoms with Gasteiger partial charge in [0.15, 0.2) is 6.19 Å². The van der Waals surface area contributed by atoms with Crippen molar-refractivity contribution in [2.24, 2.45) is 0 Å². The lowest BCUT2D eigenvalue weighted by Crippen LogP contribution is -2.12. The third-order valence-corrected chi connectivity index (χ3v) is 1.16. The molecule has 0 fully saturated rings. The highest BCUT2D eigenvalue weighted by Crippen LogP contribution is 1.99. The molecule has 1 heterocycles. The third-order valence-electron chi connectivity index (χ3n) is 1.16. The van der Waals surface area contributed by atoms with Gasteiger partial charge in [0.05, 0.1) is 13.3 Å². The molecule has 0 aliphatic carbocycles. The summed E-state index contributed by atoms with van der Waals surface area (Å²) >= 11 is 0. The van der Waals surface area contributed by atoms with E-state index >= 15 is 0 Å². The zero-order valence-electron chi connectivity index (χ0n) is 6.29. The Hall–Kier alpha value is -2.03. The van der Waals surface area contributed by atoms with Crippen LogP contribution in [0.4, 0.5) is 5.95 Å². The SMILES string of the molecule is COc1cnc(NC#N)[nH]c1=O. The molecule has 0 amide bonds. The summed E-state index contributed by atoms with van der Waals surface area (Å²) < 4.78 is 4.66. The molecule has 6 nitrogen and oxygen atoms in total. The summed E-state index contributed by atoms with van der Waals surface area (Å²) in [5.41, 5.74) is -0.426. The van der Waals surface area contributed by atoms with E-state index in [9.17, 15) is 4.79 Å². The Labute approximate surface area is 67.8 Å². The number of hydrogen-bond acceptors (Lipinski definition) is 5. The van der Waals surface area contributed by atoms with Crippen LogP contribution >= 0.6 is 0 Å². The molecule has 0 saturated carbocycles. The van der Waals surface area contributed by atoms with E-state index in [2.05, 4.69) is 20.0 Å². The Bertz CT molecular complexity index is 365. The Balaban J connectivity index is 3.04. The Morgan fingerprint density at radius 1 is 1.83 bits per heavy atom. The number of nitrogens with one attached hydrogen (secondary N) is 2. The predicted molar refractivity (Wildman–Crippen MR) is 40.6 cm³/mol. The molecular weight excluding hydrogens is 160 g/mol. The molecule has 12 heavy (non-hydrogen) atoms. The number of aromatic nitrogens is 2. The lowest BCUT2D eigenvalue weighted by Gasteiger charge is -1.98. The van der Waals surface area contributed by atoms with Crippen molar-refractivity contribution in [1.82, 2.24) is 9.97 Å². The summed E-state index contributed by atoms with van der Waals surface area (Å²) in [5.74, 6) is 0.210. The first-order chi connectivity index (χ1) is 5.77. The van der Waals surface area contributed by atoms with Gasteiger partial charge in [-0.25, -0.2) is 4.98 Å². The largest absolute Gasteiger partial charge is 0.490 e. The van der Waals surface area contributed by atoms with E-state index in [0.29, 0.717) is 0 Å². The van der Waals surface area contributed by atoms with E-state index in [0.717, 1.165) is 0 Å². The van der Waals surface area contributed by atoms with Gasteiger partial charge in [-0.1, -0.05) is 0 Å².